The van der Waals surface area contributed by atoms with Crippen LogP contribution in [0.3, 0.4) is 0 Å². The number of aliphatic hydroxyl groups excluding tert-OH is 1. The summed E-state index contributed by atoms with van der Waals surface area (Å²) in [5.41, 5.74) is 0. The second kappa shape index (κ2) is 15.6. The third-order valence-corrected chi connectivity index (χ3v) is 3.22. The van der Waals surface area contributed by atoms with E-state index in [2.05, 4.69) is 5.32 Å². The zero-order valence-electron chi connectivity index (χ0n) is 13.5. The first-order chi connectivity index (χ1) is 10.9. The van der Waals surface area contributed by atoms with Gasteiger partial charge in [-0.25, -0.2) is 0 Å². The lowest BCUT2D eigenvalue weighted by molar-refractivity contribution is -0.0286. The average molecular weight is 321 g/mol. The number of hydrogen-bond acceptors (Lipinski definition) is 7. The second-order valence-corrected chi connectivity index (χ2v) is 4.99. The van der Waals surface area contributed by atoms with E-state index in [1.807, 2.05) is 0 Å². The van der Waals surface area contributed by atoms with Crippen LogP contribution in [0.4, 0.5) is 0 Å². The Hall–Kier alpha value is -0.280. The van der Waals surface area contributed by atoms with Crippen LogP contribution >= 0.6 is 0 Å². The highest BCUT2D eigenvalue weighted by atomic mass is 16.6. The van der Waals surface area contributed by atoms with Crippen molar-refractivity contribution >= 4 is 0 Å². The lowest BCUT2D eigenvalue weighted by Crippen LogP contribution is -2.33. The Morgan fingerprint density at radius 3 is 1.64 bits per heavy atom. The van der Waals surface area contributed by atoms with E-state index in [1.165, 1.54) is 0 Å². The van der Waals surface area contributed by atoms with Crippen molar-refractivity contribution < 1.29 is 28.8 Å². The topological polar surface area (TPSA) is 78.4 Å². The monoisotopic (exact) mass is 321 g/mol. The molecule has 0 aromatic rings. The Labute approximate surface area is 133 Å². The number of hydrogen-bond donors (Lipinski definition) is 2. The Balaban J connectivity index is 1.68. The van der Waals surface area contributed by atoms with Crippen LogP contribution in [0.5, 0.6) is 0 Å². The van der Waals surface area contributed by atoms with E-state index >= 15 is 0 Å². The molecule has 0 atom stereocenters. The van der Waals surface area contributed by atoms with Gasteiger partial charge in [0.2, 0.25) is 0 Å². The lowest BCUT2D eigenvalue weighted by Gasteiger charge is -2.22. The maximum Gasteiger partial charge on any atom is 0.0704 e. The zero-order chi connectivity index (χ0) is 15.7. The van der Waals surface area contributed by atoms with Crippen LogP contribution in [0.25, 0.3) is 0 Å². The summed E-state index contributed by atoms with van der Waals surface area (Å²) in [5, 5.41) is 11.8. The molecule has 0 unspecified atom stereocenters. The van der Waals surface area contributed by atoms with Crippen molar-refractivity contribution in [3.63, 3.8) is 0 Å². The van der Waals surface area contributed by atoms with Gasteiger partial charge in [-0.15, -0.1) is 0 Å². The quantitative estimate of drug-likeness (QED) is 0.405. The standard InChI is InChI=1S/C15H31NO6/c17-5-6-18-7-8-19-9-10-20-11-12-21-13-14-22-15-1-3-16-4-2-15/h15-17H,1-14H2. The Kier molecular flexibility index (Phi) is 14.0. The van der Waals surface area contributed by atoms with Crippen molar-refractivity contribution in [2.75, 3.05) is 79.2 Å². The predicted molar refractivity (Wildman–Crippen MR) is 82.2 cm³/mol. The van der Waals surface area contributed by atoms with Gasteiger partial charge in [0.1, 0.15) is 0 Å². The van der Waals surface area contributed by atoms with Crippen LogP contribution in [0.2, 0.25) is 0 Å². The largest absolute Gasteiger partial charge is 0.394 e. The van der Waals surface area contributed by atoms with Gasteiger partial charge >= 0.3 is 0 Å². The molecule has 22 heavy (non-hydrogen) atoms. The molecule has 0 aliphatic carbocycles. The van der Waals surface area contributed by atoms with Crippen molar-refractivity contribution in [1.29, 1.82) is 0 Å². The van der Waals surface area contributed by atoms with E-state index in [0.717, 1.165) is 25.9 Å². The van der Waals surface area contributed by atoms with Crippen LogP contribution in [0.15, 0.2) is 0 Å². The molecule has 1 aliphatic rings. The molecular weight excluding hydrogens is 290 g/mol. The average Bonchev–Trinajstić information content (AvgIpc) is 2.56. The van der Waals surface area contributed by atoms with E-state index in [-0.39, 0.29) is 6.61 Å². The van der Waals surface area contributed by atoms with Gasteiger partial charge < -0.3 is 34.1 Å². The number of rotatable bonds is 15. The van der Waals surface area contributed by atoms with Gasteiger partial charge in [0.15, 0.2) is 0 Å². The van der Waals surface area contributed by atoms with Crippen molar-refractivity contribution in [2.45, 2.75) is 18.9 Å². The fourth-order valence-electron chi connectivity index (χ4n) is 2.06. The highest BCUT2D eigenvalue weighted by Gasteiger charge is 2.12. The maximum absolute atomic E-state index is 8.50. The van der Waals surface area contributed by atoms with Crippen LogP contribution in [0, 0.1) is 0 Å². The normalized spacial score (nSPS) is 16.2. The third-order valence-electron chi connectivity index (χ3n) is 3.22. The molecule has 132 valence electrons. The molecule has 0 saturated carbocycles. The van der Waals surface area contributed by atoms with Gasteiger partial charge in [0.05, 0.1) is 72.2 Å². The first-order valence-corrected chi connectivity index (χ1v) is 8.17. The minimum atomic E-state index is 0.0476. The summed E-state index contributed by atoms with van der Waals surface area (Å²) in [6, 6.07) is 0. The number of ether oxygens (including phenoxy) is 5. The van der Waals surface area contributed by atoms with E-state index in [4.69, 9.17) is 28.8 Å². The van der Waals surface area contributed by atoms with Crippen LogP contribution in [-0.2, 0) is 23.7 Å². The molecule has 0 radical (unpaired) electrons. The minimum Gasteiger partial charge on any atom is -0.394 e. The Bertz CT molecular complexity index is 226. The molecule has 0 amide bonds. The number of aliphatic hydroxyl groups is 1. The van der Waals surface area contributed by atoms with Gasteiger partial charge in [0.25, 0.3) is 0 Å². The lowest BCUT2D eigenvalue weighted by atomic mass is 10.1. The molecule has 1 fully saturated rings. The van der Waals surface area contributed by atoms with E-state index in [9.17, 15) is 0 Å². The molecule has 7 heteroatoms. The molecular formula is C15H31NO6. The fourth-order valence-corrected chi connectivity index (χ4v) is 2.06. The van der Waals surface area contributed by atoms with Crippen molar-refractivity contribution in [3.05, 3.63) is 0 Å². The van der Waals surface area contributed by atoms with Crippen LogP contribution < -0.4 is 5.32 Å². The molecule has 7 nitrogen and oxygen atoms in total. The number of piperidine rings is 1. The third kappa shape index (κ3) is 12.3. The molecule has 1 rings (SSSR count). The van der Waals surface area contributed by atoms with Gasteiger partial charge in [-0.3, -0.25) is 0 Å². The zero-order valence-corrected chi connectivity index (χ0v) is 13.5. The van der Waals surface area contributed by atoms with Crippen LogP contribution in [-0.4, -0.2) is 90.4 Å². The molecule has 0 aromatic heterocycles. The number of nitrogens with one attached hydrogen (secondary N) is 1. The smallest absolute Gasteiger partial charge is 0.0704 e. The molecule has 1 aliphatic heterocycles. The van der Waals surface area contributed by atoms with Crippen molar-refractivity contribution in [1.82, 2.24) is 5.32 Å². The highest BCUT2D eigenvalue weighted by Crippen LogP contribution is 2.06. The van der Waals surface area contributed by atoms with E-state index in [0.29, 0.717) is 65.6 Å². The first kappa shape index (κ1) is 19.8. The molecule has 2 N–H and O–H groups in total. The summed E-state index contributed by atoms with van der Waals surface area (Å²) in [6.45, 7) is 7.04. The summed E-state index contributed by atoms with van der Waals surface area (Å²) in [6.07, 6.45) is 2.57. The molecule has 1 heterocycles. The first-order valence-electron chi connectivity index (χ1n) is 8.17. The van der Waals surface area contributed by atoms with Crippen molar-refractivity contribution in [2.24, 2.45) is 0 Å². The molecule has 1 saturated heterocycles. The Morgan fingerprint density at radius 1 is 0.682 bits per heavy atom. The van der Waals surface area contributed by atoms with E-state index < -0.39 is 0 Å². The summed E-state index contributed by atoms with van der Waals surface area (Å²) >= 11 is 0. The maximum atomic E-state index is 8.50. The SMILES string of the molecule is OCCOCCOCCOCCOCCOC1CCNCC1. The highest BCUT2D eigenvalue weighted by molar-refractivity contribution is 4.67. The fraction of sp³-hybridized carbons (Fsp3) is 1.00. The second-order valence-electron chi connectivity index (χ2n) is 4.99. The summed E-state index contributed by atoms with van der Waals surface area (Å²) in [7, 11) is 0. The van der Waals surface area contributed by atoms with Gasteiger partial charge in [-0.1, -0.05) is 0 Å². The molecule has 0 spiro atoms. The van der Waals surface area contributed by atoms with Gasteiger partial charge in [-0.05, 0) is 25.9 Å². The van der Waals surface area contributed by atoms with E-state index in [1.54, 1.807) is 0 Å². The van der Waals surface area contributed by atoms with Crippen molar-refractivity contribution in [3.8, 4) is 0 Å². The minimum absolute atomic E-state index is 0.0476. The van der Waals surface area contributed by atoms with Crippen LogP contribution in [0.1, 0.15) is 12.8 Å². The predicted octanol–water partition coefficient (Wildman–Crippen LogP) is -0.186. The molecule has 0 bridgehead atoms. The summed E-state index contributed by atoms with van der Waals surface area (Å²) < 4.78 is 26.9. The Morgan fingerprint density at radius 2 is 1.14 bits per heavy atom. The molecule has 0 aromatic carbocycles. The summed E-state index contributed by atoms with van der Waals surface area (Å²) in [5.74, 6) is 0. The summed E-state index contributed by atoms with van der Waals surface area (Å²) in [4.78, 5) is 0. The van der Waals surface area contributed by atoms with Gasteiger partial charge in [-0.2, -0.15) is 0 Å². The van der Waals surface area contributed by atoms with Gasteiger partial charge in [0, 0.05) is 0 Å².